The third-order valence-electron chi connectivity index (χ3n) is 4.22. The SMILES string of the molecule is CC(C)(O)CN1C(=O)NC2(CCc3ccccc3C2)C1=O. The smallest absolute Gasteiger partial charge is 0.325 e. The number of benzene rings is 1. The van der Waals surface area contributed by atoms with Crippen LogP contribution in [0.3, 0.4) is 0 Å². The number of carbonyl (C=O) groups is 2. The number of fused-ring (bicyclic) bond motifs is 1. The number of amides is 3. The highest BCUT2D eigenvalue weighted by Crippen LogP contribution is 2.33. The Labute approximate surface area is 123 Å². The maximum atomic E-state index is 12.7. The van der Waals surface area contributed by atoms with E-state index >= 15 is 0 Å². The zero-order valence-corrected chi connectivity index (χ0v) is 12.3. The molecule has 0 aromatic heterocycles. The first kappa shape index (κ1) is 14.1. The van der Waals surface area contributed by atoms with Crippen molar-refractivity contribution in [3.8, 4) is 0 Å². The third-order valence-corrected chi connectivity index (χ3v) is 4.22. The van der Waals surface area contributed by atoms with Gasteiger partial charge in [-0.25, -0.2) is 4.79 Å². The first-order valence-electron chi connectivity index (χ1n) is 7.24. The summed E-state index contributed by atoms with van der Waals surface area (Å²) in [5.74, 6) is -0.218. The van der Waals surface area contributed by atoms with Gasteiger partial charge in [-0.15, -0.1) is 0 Å². The predicted octanol–water partition coefficient (Wildman–Crippen LogP) is 1.24. The van der Waals surface area contributed by atoms with Gasteiger partial charge in [-0.3, -0.25) is 9.69 Å². The van der Waals surface area contributed by atoms with Crippen molar-refractivity contribution in [2.45, 2.75) is 44.2 Å². The molecule has 1 aromatic rings. The summed E-state index contributed by atoms with van der Waals surface area (Å²) < 4.78 is 0. The van der Waals surface area contributed by atoms with Crippen molar-refractivity contribution >= 4 is 11.9 Å². The van der Waals surface area contributed by atoms with Gasteiger partial charge in [-0.1, -0.05) is 24.3 Å². The van der Waals surface area contributed by atoms with E-state index in [9.17, 15) is 14.7 Å². The van der Waals surface area contributed by atoms with Gasteiger partial charge in [0.25, 0.3) is 5.91 Å². The Morgan fingerprint density at radius 3 is 2.62 bits per heavy atom. The number of β-amino-alcohol motifs (C(OH)–C–C–N with tert-alkyl or cyclic N) is 1. The Morgan fingerprint density at radius 1 is 1.29 bits per heavy atom. The lowest BCUT2D eigenvalue weighted by molar-refractivity contribution is -0.133. The minimum atomic E-state index is -1.09. The average molecular weight is 288 g/mol. The molecule has 2 aliphatic rings. The van der Waals surface area contributed by atoms with Gasteiger partial charge in [0.1, 0.15) is 5.54 Å². The summed E-state index contributed by atoms with van der Waals surface area (Å²) in [5, 5.41) is 12.7. The molecule has 1 aliphatic carbocycles. The van der Waals surface area contributed by atoms with Gasteiger partial charge in [0.2, 0.25) is 0 Å². The number of rotatable bonds is 2. The van der Waals surface area contributed by atoms with Gasteiger partial charge in [0, 0.05) is 6.42 Å². The first-order chi connectivity index (χ1) is 9.81. The minimum absolute atomic E-state index is 0.0149. The minimum Gasteiger partial charge on any atom is -0.389 e. The summed E-state index contributed by atoms with van der Waals surface area (Å²) in [6, 6.07) is 7.62. The number of urea groups is 1. The van der Waals surface area contributed by atoms with Gasteiger partial charge >= 0.3 is 6.03 Å². The van der Waals surface area contributed by atoms with Crippen LogP contribution in [0.4, 0.5) is 4.79 Å². The molecule has 21 heavy (non-hydrogen) atoms. The number of hydrogen-bond donors (Lipinski definition) is 2. The summed E-state index contributed by atoms with van der Waals surface area (Å²) >= 11 is 0. The molecule has 1 atom stereocenters. The molecule has 5 nitrogen and oxygen atoms in total. The topological polar surface area (TPSA) is 69.6 Å². The number of aryl methyl sites for hydroxylation is 1. The fourth-order valence-corrected chi connectivity index (χ4v) is 3.23. The summed E-state index contributed by atoms with van der Waals surface area (Å²) in [6.45, 7) is 3.20. The lowest BCUT2D eigenvalue weighted by Crippen LogP contribution is -2.51. The number of carbonyl (C=O) groups excluding carboxylic acids is 2. The molecule has 0 bridgehead atoms. The Bertz CT molecular complexity index is 606. The summed E-state index contributed by atoms with van der Waals surface area (Å²) in [5.41, 5.74) is 0.426. The summed E-state index contributed by atoms with van der Waals surface area (Å²) in [6.07, 6.45) is 1.91. The molecule has 5 heteroatoms. The molecular formula is C16H20N2O3. The number of hydrogen-bond acceptors (Lipinski definition) is 3. The molecule has 112 valence electrons. The van der Waals surface area contributed by atoms with Crippen molar-refractivity contribution in [3.05, 3.63) is 35.4 Å². The Hall–Kier alpha value is -1.88. The number of imide groups is 1. The van der Waals surface area contributed by atoms with Crippen LogP contribution in [0.2, 0.25) is 0 Å². The van der Waals surface area contributed by atoms with Crippen LogP contribution in [0.25, 0.3) is 0 Å². The second kappa shape index (κ2) is 4.56. The normalized spacial score (nSPS) is 25.2. The van der Waals surface area contributed by atoms with Gasteiger partial charge in [-0.05, 0) is 37.8 Å². The van der Waals surface area contributed by atoms with Crippen molar-refractivity contribution in [1.82, 2.24) is 10.2 Å². The lowest BCUT2D eigenvalue weighted by atomic mass is 9.78. The van der Waals surface area contributed by atoms with Crippen LogP contribution >= 0.6 is 0 Å². The van der Waals surface area contributed by atoms with Gasteiger partial charge < -0.3 is 10.4 Å². The molecule has 0 saturated carbocycles. The largest absolute Gasteiger partial charge is 0.389 e. The molecule has 2 N–H and O–H groups in total. The molecule has 0 radical (unpaired) electrons. The Morgan fingerprint density at radius 2 is 1.95 bits per heavy atom. The molecule has 3 amide bonds. The van der Waals surface area contributed by atoms with Gasteiger partial charge in [0.05, 0.1) is 12.1 Å². The van der Waals surface area contributed by atoms with Crippen LogP contribution in [0.5, 0.6) is 0 Å². The standard InChI is InChI=1S/C16H20N2O3/c1-15(2,21)10-18-13(19)16(17-14(18)20)8-7-11-5-3-4-6-12(11)9-16/h3-6,21H,7-10H2,1-2H3,(H,17,20). The van der Waals surface area contributed by atoms with Gasteiger partial charge in [0.15, 0.2) is 0 Å². The van der Waals surface area contributed by atoms with E-state index in [-0.39, 0.29) is 12.5 Å². The van der Waals surface area contributed by atoms with Gasteiger partial charge in [-0.2, -0.15) is 0 Å². The summed E-state index contributed by atoms with van der Waals surface area (Å²) in [7, 11) is 0. The van der Waals surface area contributed by atoms with E-state index < -0.39 is 17.2 Å². The molecule has 1 spiro atoms. The van der Waals surface area contributed by atoms with Crippen LogP contribution in [-0.2, 0) is 17.6 Å². The van der Waals surface area contributed by atoms with Crippen LogP contribution in [-0.4, -0.2) is 39.6 Å². The highest BCUT2D eigenvalue weighted by atomic mass is 16.3. The molecule has 1 aliphatic heterocycles. The molecule has 1 aromatic carbocycles. The Kier molecular flexibility index (Phi) is 3.06. The van der Waals surface area contributed by atoms with Crippen molar-refractivity contribution < 1.29 is 14.7 Å². The highest BCUT2D eigenvalue weighted by Gasteiger charge is 2.52. The van der Waals surface area contributed by atoms with Crippen molar-refractivity contribution in [2.75, 3.05) is 6.54 Å². The van der Waals surface area contributed by atoms with Crippen molar-refractivity contribution in [3.63, 3.8) is 0 Å². The van der Waals surface area contributed by atoms with E-state index in [0.29, 0.717) is 12.8 Å². The van der Waals surface area contributed by atoms with E-state index in [1.54, 1.807) is 13.8 Å². The second-order valence-corrected chi connectivity index (χ2v) is 6.66. The lowest BCUT2D eigenvalue weighted by Gasteiger charge is -2.32. The monoisotopic (exact) mass is 288 g/mol. The highest BCUT2D eigenvalue weighted by molar-refractivity contribution is 6.07. The average Bonchev–Trinajstić information content (AvgIpc) is 2.62. The van der Waals surface area contributed by atoms with Crippen LogP contribution in [0.1, 0.15) is 31.4 Å². The predicted molar refractivity (Wildman–Crippen MR) is 77.7 cm³/mol. The van der Waals surface area contributed by atoms with E-state index in [2.05, 4.69) is 11.4 Å². The van der Waals surface area contributed by atoms with Crippen molar-refractivity contribution in [2.24, 2.45) is 0 Å². The molecule has 1 fully saturated rings. The molecule has 3 rings (SSSR count). The third kappa shape index (κ3) is 2.42. The zero-order valence-electron chi connectivity index (χ0n) is 12.3. The quantitative estimate of drug-likeness (QED) is 0.804. The fourth-order valence-electron chi connectivity index (χ4n) is 3.23. The first-order valence-corrected chi connectivity index (χ1v) is 7.24. The van der Waals surface area contributed by atoms with Crippen LogP contribution < -0.4 is 5.32 Å². The Balaban J connectivity index is 1.88. The maximum absolute atomic E-state index is 12.7. The number of aliphatic hydroxyl groups is 1. The molecule has 1 saturated heterocycles. The van der Waals surface area contributed by atoms with E-state index in [1.807, 2.05) is 18.2 Å². The maximum Gasteiger partial charge on any atom is 0.325 e. The van der Waals surface area contributed by atoms with E-state index in [1.165, 1.54) is 5.56 Å². The summed E-state index contributed by atoms with van der Waals surface area (Å²) in [4.78, 5) is 26.0. The number of nitrogens with one attached hydrogen (secondary N) is 1. The zero-order chi connectivity index (χ0) is 15.3. The number of nitrogens with zero attached hydrogens (tertiary/aromatic N) is 1. The molecular weight excluding hydrogens is 268 g/mol. The fraction of sp³-hybridized carbons (Fsp3) is 0.500. The van der Waals surface area contributed by atoms with E-state index in [0.717, 1.165) is 16.9 Å². The van der Waals surface area contributed by atoms with Crippen molar-refractivity contribution in [1.29, 1.82) is 0 Å². The molecule has 1 heterocycles. The van der Waals surface area contributed by atoms with Crippen LogP contribution in [0.15, 0.2) is 24.3 Å². The van der Waals surface area contributed by atoms with Crippen LogP contribution in [0, 0.1) is 0 Å². The second-order valence-electron chi connectivity index (χ2n) is 6.66. The van der Waals surface area contributed by atoms with E-state index in [4.69, 9.17) is 0 Å². The molecule has 1 unspecified atom stereocenters.